The number of carbonyl (C=O) groups is 2. The summed E-state index contributed by atoms with van der Waals surface area (Å²) in [5, 5.41) is 0. The van der Waals surface area contributed by atoms with Gasteiger partial charge in [-0.1, -0.05) is 26.2 Å². The van der Waals surface area contributed by atoms with E-state index in [1.54, 1.807) is 0 Å². The van der Waals surface area contributed by atoms with Crippen LogP contribution in [-0.2, 0) is 14.3 Å². The molecule has 0 unspecified atom stereocenters. The molecule has 2 saturated carbocycles. The fourth-order valence-electron chi connectivity index (χ4n) is 5.71. The van der Waals surface area contributed by atoms with Crippen molar-refractivity contribution in [3.8, 4) is 0 Å². The molecule has 2 saturated heterocycles. The minimum Gasteiger partial charge on any atom is -0.353 e. The molecular weight excluding hydrogens is 342 g/mol. The number of nitrogens with zero attached hydrogens (tertiary/aromatic N) is 2. The van der Waals surface area contributed by atoms with E-state index in [1.165, 1.54) is 11.3 Å². The van der Waals surface area contributed by atoms with Gasteiger partial charge in [-0.2, -0.15) is 0 Å². The normalized spacial score (nSPS) is 35.9. The molecule has 0 aromatic carbocycles. The maximum atomic E-state index is 13.5. The van der Waals surface area contributed by atoms with E-state index in [2.05, 4.69) is 14.0 Å². The fraction of sp³-hybridized carbons (Fsp3) is 0.905. The number of nitrogens with one attached hydrogen (secondary N) is 1. The number of piperazine rings is 1. The van der Waals surface area contributed by atoms with E-state index >= 15 is 0 Å². The monoisotopic (exact) mass is 378 g/mol. The third kappa shape index (κ3) is 3.63. The highest BCUT2D eigenvalue weighted by Gasteiger charge is 2.55. The first-order chi connectivity index (χ1) is 13.0. The second-order valence-electron chi connectivity index (χ2n) is 9.45. The zero-order valence-electron chi connectivity index (χ0n) is 17.0. The average molecular weight is 379 g/mol. The number of hydrogen-bond donors (Lipinski definition) is 1. The molecule has 6 nitrogen and oxygen atoms in total. The Balaban J connectivity index is 1.57. The Morgan fingerprint density at radius 1 is 1.04 bits per heavy atom. The summed E-state index contributed by atoms with van der Waals surface area (Å²) >= 11 is 0. The Bertz CT molecular complexity index is 569. The van der Waals surface area contributed by atoms with Crippen LogP contribution in [0.3, 0.4) is 0 Å². The van der Waals surface area contributed by atoms with Gasteiger partial charge in [-0.15, -0.1) is 0 Å². The zero-order chi connectivity index (χ0) is 19.0. The number of likely N-dealkylation sites (N-methyl/N-ethyl adjacent to an activating group) is 1. The lowest BCUT2D eigenvalue weighted by Gasteiger charge is -2.45. The van der Waals surface area contributed by atoms with Crippen molar-refractivity contribution in [3.05, 3.63) is 0 Å². The Morgan fingerprint density at radius 2 is 1.74 bits per heavy atom. The second-order valence-corrected chi connectivity index (χ2v) is 9.45. The van der Waals surface area contributed by atoms with Gasteiger partial charge in [0.1, 0.15) is 11.8 Å². The molecule has 0 bridgehead atoms. The summed E-state index contributed by atoms with van der Waals surface area (Å²) in [7, 11) is 2.18. The van der Waals surface area contributed by atoms with Crippen LogP contribution in [0.5, 0.6) is 0 Å². The van der Waals surface area contributed by atoms with Crippen molar-refractivity contribution < 1.29 is 19.2 Å². The summed E-state index contributed by atoms with van der Waals surface area (Å²) in [5.41, 5.74) is -0.532. The molecule has 4 aliphatic rings. The average Bonchev–Trinajstić information content (AvgIpc) is 3.30. The van der Waals surface area contributed by atoms with Crippen molar-refractivity contribution in [1.82, 2.24) is 9.80 Å². The largest absolute Gasteiger partial charge is 0.353 e. The molecule has 2 aliphatic heterocycles. The predicted octanol–water partition coefficient (Wildman–Crippen LogP) is 0.667. The van der Waals surface area contributed by atoms with Crippen molar-refractivity contribution in [2.45, 2.75) is 70.1 Å². The van der Waals surface area contributed by atoms with Crippen LogP contribution in [0.1, 0.15) is 58.3 Å². The highest BCUT2D eigenvalue weighted by molar-refractivity contribution is 5.90. The van der Waals surface area contributed by atoms with Gasteiger partial charge in [-0.05, 0) is 38.0 Å². The molecule has 0 radical (unpaired) electrons. The van der Waals surface area contributed by atoms with Gasteiger partial charge in [-0.3, -0.25) is 14.5 Å². The third-order valence-corrected chi connectivity index (χ3v) is 7.35. The van der Waals surface area contributed by atoms with Crippen LogP contribution in [-0.4, -0.2) is 73.2 Å². The number of hydrogen-bond acceptors (Lipinski definition) is 3. The van der Waals surface area contributed by atoms with Gasteiger partial charge in [0.05, 0.1) is 39.8 Å². The summed E-state index contributed by atoms with van der Waals surface area (Å²) in [6, 6.07) is -0.415. The summed E-state index contributed by atoms with van der Waals surface area (Å²) in [5.74, 6) is 0.938. The minimum atomic E-state index is -0.532. The van der Waals surface area contributed by atoms with Crippen LogP contribution in [0.25, 0.3) is 0 Å². The van der Waals surface area contributed by atoms with Gasteiger partial charge < -0.3 is 14.5 Å². The Hall–Kier alpha value is -1.14. The first kappa shape index (κ1) is 19.2. The van der Waals surface area contributed by atoms with Crippen molar-refractivity contribution in [2.24, 2.45) is 11.8 Å². The molecule has 0 aromatic rings. The molecule has 27 heavy (non-hydrogen) atoms. The molecule has 2 heterocycles. The summed E-state index contributed by atoms with van der Waals surface area (Å²) < 4.78 is 6.34. The van der Waals surface area contributed by atoms with Gasteiger partial charge >= 0.3 is 0 Å². The van der Waals surface area contributed by atoms with E-state index in [0.29, 0.717) is 12.5 Å². The molecule has 152 valence electrons. The highest BCUT2D eigenvalue weighted by atomic mass is 16.5. The molecule has 3 atom stereocenters. The number of ether oxygens (including phenoxy) is 1. The van der Waals surface area contributed by atoms with E-state index in [9.17, 15) is 9.59 Å². The maximum absolute atomic E-state index is 13.5. The molecular formula is C21H36N3O3+. The Kier molecular flexibility index (Phi) is 5.48. The Labute approximate surface area is 163 Å². The standard InChI is InChI=1S/C21H35N3O3/c1-16-6-5-9-21(14-16)24(19(25)17-7-3-4-8-17)18(15-27-21)20(26)23-12-10-22(2)11-13-23/h16-18H,3-15H2,1-2H3/p+1/t16-,18-,21+/m0/s1. The first-order valence-corrected chi connectivity index (χ1v) is 11.1. The van der Waals surface area contributed by atoms with Crippen LogP contribution in [0, 0.1) is 11.8 Å². The molecule has 2 aliphatic carbocycles. The highest BCUT2D eigenvalue weighted by Crippen LogP contribution is 2.44. The van der Waals surface area contributed by atoms with Crippen molar-refractivity contribution in [3.63, 3.8) is 0 Å². The van der Waals surface area contributed by atoms with Gasteiger partial charge in [0.15, 0.2) is 0 Å². The topological polar surface area (TPSA) is 54.3 Å². The molecule has 2 amide bonds. The fourth-order valence-corrected chi connectivity index (χ4v) is 5.71. The molecule has 4 rings (SSSR count). The lowest BCUT2D eigenvalue weighted by Crippen LogP contribution is -3.12. The summed E-state index contributed by atoms with van der Waals surface area (Å²) in [6.07, 6.45) is 8.24. The van der Waals surface area contributed by atoms with E-state index in [4.69, 9.17) is 4.74 Å². The quantitative estimate of drug-likeness (QED) is 0.768. The van der Waals surface area contributed by atoms with Crippen LogP contribution in [0.15, 0.2) is 0 Å². The van der Waals surface area contributed by atoms with Crippen molar-refractivity contribution in [1.29, 1.82) is 0 Å². The van der Waals surface area contributed by atoms with Gasteiger partial charge in [0.2, 0.25) is 11.8 Å². The second kappa shape index (κ2) is 7.70. The SMILES string of the molecule is C[C@H]1CCC[C@]2(C1)OC[C@@H](C(=O)N1CC[NH+](C)CC1)N2C(=O)C1CCCC1. The molecule has 4 fully saturated rings. The predicted molar refractivity (Wildman–Crippen MR) is 102 cm³/mol. The van der Waals surface area contributed by atoms with Gasteiger partial charge in [0, 0.05) is 5.92 Å². The first-order valence-electron chi connectivity index (χ1n) is 11.1. The molecule has 0 aromatic heterocycles. The van der Waals surface area contributed by atoms with Crippen molar-refractivity contribution >= 4 is 11.8 Å². The van der Waals surface area contributed by atoms with Gasteiger partial charge in [0.25, 0.3) is 0 Å². The maximum Gasteiger partial charge on any atom is 0.248 e. The van der Waals surface area contributed by atoms with E-state index in [1.807, 2.05) is 9.80 Å². The lowest BCUT2D eigenvalue weighted by atomic mass is 9.82. The van der Waals surface area contributed by atoms with E-state index in [0.717, 1.165) is 71.1 Å². The Morgan fingerprint density at radius 3 is 2.41 bits per heavy atom. The van der Waals surface area contributed by atoms with Crippen LogP contribution >= 0.6 is 0 Å². The lowest BCUT2D eigenvalue weighted by molar-refractivity contribution is -0.883. The zero-order valence-corrected chi connectivity index (χ0v) is 17.0. The number of quaternary nitrogens is 1. The van der Waals surface area contributed by atoms with Crippen molar-refractivity contribution in [2.75, 3.05) is 39.8 Å². The number of carbonyl (C=O) groups excluding carboxylic acids is 2. The molecule has 1 N–H and O–H groups in total. The van der Waals surface area contributed by atoms with Gasteiger partial charge in [-0.25, -0.2) is 0 Å². The van der Waals surface area contributed by atoms with Crippen LogP contribution in [0.4, 0.5) is 0 Å². The molecule has 1 spiro atoms. The minimum absolute atomic E-state index is 0.0908. The summed E-state index contributed by atoms with van der Waals surface area (Å²) in [4.78, 5) is 32.3. The van der Waals surface area contributed by atoms with E-state index in [-0.39, 0.29) is 17.7 Å². The molecule has 6 heteroatoms. The summed E-state index contributed by atoms with van der Waals surface area (Å²) in [6.45, 7) is 6.17. The number of rotatable bonds is 2. The van der Waals surface area contributed by atoms with E-state index < -0.39 is 11.8 Å². The third-order valence-electron chi connectivity index (χ3n) is 7.35. The van der Waals surface area contributed by atoms with Crippen LogP contribution < -0.4 is 4.90 Å². The van der Waals surface area contributed by atoms with Crippen LogP contribution in [0.2, 0.25) is 0 Å². The number of amides is 2. The smallest absolute Gasteiger partial charge is 0.248 e.